The van der Waals surface area contributed by atoms with Crippen LogP contribution in [-0.2, 0) is 0 Å². The predicted octanol–water partition coefficient (Wildman–Crippen LogP) is 2.21. The van der Waals surface area contributed by atoms with E-state index in [9.17, 15) is 18.3 Å². The predicted molar refractivity (Wildman–Crippen MR) is 55.0 cm³/mol. The second kappa shape index (κ2) is 5.32. The fourth-order valence-corrected chi connectivity index (χ4v) is 1.45. The van der Waals surface area contributed by atoms with Crippen molar-refractivity contribution in [2.24, 2.45) is 0 Å². The molecule has 1 rings (SSSR count). The molecule has 0 radical (unpaired) electrons. The van der Waals surface area contributed by atoms with Gasteiger partial charge in [0.2, 0.25) is 0 Å². The molecular formula is C11H14F3NO. The molecule has 0 aliphatic carbocycles. The molecule has 0 heterocycles. The van der Waals surface area contributed by atoms with Crippen LogP contribution < -0.4 is 0 Å². The Hall–Kier alpha value is -1.07. The summed E-state index contributed by atoms with van der Waals surface area (Å²) in [6.07, 6.45) is -5.13. The van der Waals surface area contributed by atoms with Crippen LogP contribution in [0, 0.1) is 0 Å². The second-order valence-corrected chi connectivity index (χ2v) is 3.74. The third kappa shape index (κ3) is 4.63. The lowest BCUT2D eigenvalue weighted by Gasteiger charge is -2.21. The molecule has 0 spiro atoms. The molecule has 16 heavy (non-hydrogen) atoms. The zero-order valence-corrected chi connectivity index (χ0v) is 8.91. The summed E-state index contributed by atoms with van der Waals surface area (Å²) in [5, 5.41) is 9.68. The fourth-order valence-electron chi connectivity index (χ4n) is 1.45. The van der Waals surface area contributed by atoms with Crippen LogP contribution in [0.15, 0.2) is 30.3 Å². The van der Waals surface area contributed by atoms with E-state index in [1.165, 1.54) is 7.05 Å². The maximum absolute atomic E-state index is 12.0. The number of benzene rings is 1. The van der Waals surface area contributed by atoms with Gasteiger partial charge in [-0.25, -0.2) is 0 Å². The SMILES string of the molecule is CN(CC(O)c1ccccc1)CC(F)(F)F. The summed E-state index contributed by atoms with van der Waals surface area (Å²) in [5.74, 6) is 0. The van der Waals surface area contributed by atoms with Gasteiger partial charge in [-0.3, -0.25) is 4.90 Å². The molecule has 2 nitrogen and oxygen atoms in total. The normalized spacial score (nSPS) is 14.1. The molecule has 0 fully saturated rings. The average molecular weight is 233 g/mol. The summed E-state index contributed by atoms with van der Waals surface area (Å²) in [6, 6.07) is 8.64. The van der Waals surface area contributed by atoms with Crippen molar-refractivity contribution in [1.29, 1.82) is 0 Å². The first kappa shape index (κ1) is 13.0. The molecule has 1 unspecified atom stereocenters. The quantitative estimate of drug-likeness (QED) is 0.861. The second-order valence-electron chi connectivity index (χ2n) is 3.74. The third-order valence-electron chi connectivity index (χ3n) is 2.12. The van der Waals surface area contributed by atoms with E-state index in [1.807, 2.05) is 0 Å². The van der Waals surface area contributed by atoms with Gasteiger partial charge >= 0.3 is 6.18 Å². The van der Waals surface area contributed by atoms with Crippen molar-refractivity contribution < 1.29 is 18.3 Å². The zero-order chi connectivity index (χ0) is 12.2. The molecule has 0 aromatic heterocycles. The molecule has 1 atom stereocenters. The van der Waals surface area contributed by atoms with Crippen LogP contribution >= 0.6 is 0 Å². The molecule has 0 saturated carbocycles. The van der Waals surface area contributed by atoms with Crippen molar-refractivity contribution in [2.45, 2.75) is 12.3 Å². The molecule has 1 aromatic rings. The van der Waals surface area contributed by atoms with Crippen LogP contribution in [0.3, 0.4) is 0 Å². The number of hydrogen-bond donors (Lipinski definition) is 1. The van der Waals surface area contributed by atoms with E-state index >= 15 is 0 Å². The third-order valence-corrected chi connectivity index (χ3v) is 2.12. The maximum Gasteiger partial charge on any atom is 0.401 e. The number of aliphatic hydroxyl groups excluding tert-OH is 1. The lowest BCUT2D eigenvalue weighted by molar-refractivity contribution is -0.145. The minimum Gasteiger partial charge on any atom is -0.387 e. The smallest absolute Gasteiger partial charge is 0.387 e. The average Bonchev–Trinajstić information content (AvgIpc) is 2.16. The molecule has 0 bridgehead atoms. The van der Waals surface area contributed by atoms with Gasteiger partial charge in [0, 0.05) is 6.54 Å². The molecule has 1 N–H and O–H groups in total. The molecule has 0 saturated heterocycles. The van der Waals surface area contributed by atoms with E-state index in [0.717, 1.165) is 4.90 Å². The first-order valence-electron chi connectivity index (χ1n) is 4.87. The van der Waals surface area contributed by atoms with Crippen LogP contribution in [-0.4, -0.2) is 36.3 Å². The van der Waals surface area contributed by atoms with Gasteiger partial charge < -0.3 is 5.11 Å². The van der Waals surface area contributed by atoms with E-state index in [-0.39, 0.29) is 6.54 Å². The Morgan fingerprint density at radius 1 is 1.25 bits per heavy atom. The lowest BCUT2D eigenvalue weighted by Crippen LogP contribution is -2.34. The highest BCUT2D eigenvalue weighted by Crippen LogP contribution is 2.18. The van der Waals surface area contributed by atoms with Crippen molar-refractivity contribution in [1.82, 2.24) is 4.90 Å². The number of aliphatic hydroxyl groups is 1. The highest BCUT2D eigenvalue weighted by atomic mass is 19.4. The number of rotatable bonds is 4. The zero-order valence-electron chi connectivity index (χ0n) is 8.91. The molecule has 0 aliphatic heterocycles. The maximum atomic E-state index is 12.0. The fraction of sp³-hybridized carbons (Fsp3) is 0.455. The molecule has 1 aromatic carbocycles. The van der Waals surface area contributed by atoms with E-state index in [2.05, 4.69) is 0 Å². The minimum atomic E-state index is -4.23. The summed E-state index contributed by atoms with van der Waals surface area (Å²) in [7, 11) is 1.33. The van der Waals surface area contributed by atoms with Gasteiger partial charge in [0.15, 0.2) is 0 Å². The van der Waals surface area contributed by atoms with E-state index in [1.54, 1.807) is 30.3 Å². The van der Waals surface area contributed by atoms with Gasteiger partial charge in [0.05, 0.1) is 12.6 Å². The van der Waals surface area contributed by atoms with Crippen molar-refractivity contribution in [3.05, 3.63) is 35.9 Å². The Balaban J connectivity index is 2.49. The number of halogens is 3. The van der Waals surface area contributed by atoms with Gasteiger partial charge in [-0.15, -0.1) is 0 Å². The largest absolute Gasteiger partial charge is 0.401 e. The van der Waals surface area contributed by atoms with Crippen molar-refractivity contribution in [3.63, 3.8) is 0 Å². The first-order valence-corrected chi connectivity index (χ1v) is 4.87. The number of hydrogen-bond acceptors (Lipinski definition) is 2. The molecule has 0 aliphatic rings. The van der Waals surface area contributed by atoms with Crippen LogP contribution in [0.2, 0.25) is 0 Å². The molecule has 5 heteroatoms. The van der Waals surface area contributed by atoms with Gasteiger partial charge in [0.25, 0.3) is 0 Å². The number of alkyl halides is 3. The van der Waals surface area contributed by atoms with Crippen molar-refractivity contribution in [3.8, 4) is 0 Å². The Labute approximate surface area is 92.3 Å². The van der Waals surface area contributed by atoms with E-state index in [0.29, 0.717) is 5.56 Å². The lowest BCUT2D eigenvalue weighted by atomic mass is 10.1. The topological polar surface area (TPSA) is 23.5 Å². The van der Waals surface area contributed by atoms with Crippen LogP contribution in [0.1, 0.15) is 11.7 Å². The summed E-state index contributed by atoms with van der Waals surface area (Å²) in [5.41, 5.74) is 0.622. The van der Waals surface area contributed by atoms with E-state index < -0.39 is 18.8 Å². The highest BCUT2D eigenvalue weighted by molar-refractivity contribution is 5.17. The Morgan fingerprint density at radius 3 is 2.31 bits per heavy atom. The van der Waals surface area contributed by atoms with Crippen molar-refractivity contribution >= 4 is 0 Å². The van der Waals surface area contributed by atoms with Crippen LogP contribution in [0.25, 0.3) is 0 Å². The molecule has 0 amide bonds. The van der Waals surface area contributed by atoms with Crippen molar-refractivity contribution in [2.75, 3.05) is 20.1 Å². The highest BCUT2D eigenvalue weighted by Gasteiger charge is 2.29. The summed E-state index contributed by atoms with van der Waals surface area (Å²) < 4.78 is 36.1. The minimum absolute atomic E-state index is 0.0382. The first-order chi connectivity index (χ1) is 7.38. The van der Waals surface area contributed by atoms with Gasteiger partial charge in [-0.1, -0.05) is 30.3 Å². The van der Waals surface area contributed by atoms with Gasteiger partial charge in [0.1, 0.15) is 0 Å². The Kier molecular flexibility index (Phi) is 4.32. The number of nitrogens with zero attached hydrogens (tertiary/aromatic N) is 1. The summed E-state index contributed by atoms with van der Waals surface area (Å²) in [4.78, 5) is 1.05. The summed E-state index contributed by atoms with van der Waals surface area (Å²) in [6.45, 7) is -1.06. The summed E-state index contributed by atoms with van der Waals surface area (Å²) >= 11 is 0. The Bertz CT molecular complexity index is 313. The Morgan fingerprint density at radius 2 is 1.81 bits per heavy atom. The van der Waals surface area contributed by atoms with Crippen LogP contribution in [0.4, 0.5) is 13.2 Å². The van der Waals surface area contributed by atoms with Gasteiger partial charge in [-0.2, -0.15) is 13.2 Å². The van der Waals surface area contributed by atoms with E-state index in [4.69, 9.17) is 0 Å². The standard InChI is InChI=1S/C11H14F3NO/c1-15(8-11(12,13)14)7-10(16)9-5-3-2-4-6-9/h2-6,10,16H,7-8H2,1H3. The molecule has 90 valence electrons. The van der Waals surface area contributed by atoms with Crippen LogP contribution in [0.5, 0.6) is 0 Å². The number of likely N-dealkylation sites (N-methyl/N-ethyl adjacent to an activating group) is 1. The molecular weight excluding hydrogens is 219 g/mol. The monoisotopic (exact) mass is 233 g/mol. The van der Waals surface area contributed by atoms with Gasteiger partial charge in [-0.05, 0) is 12.6 Å².